The number of carbonyl (C=O) groups excluding carboxylic acids is 5. The average Bonchev–Trinajstić information content (AvgIpc) is 3.15. The van der Waals surface area contributed by atoms with Crippen molar-refractivity contribution in [3.8, 4) is 0 Å². The van der Waals surface area contributed by atoms with Crippen molar-refractivity contribution in [2.24, 2.45) is 11.5 Å². The molecule has 17 nitrogen and oxygen atoms in total. The largest absolute Gasteiger partial charge is 0.341 e. The SMILES string of the molecule is CNC(=O)NC[C@H](Cc1ccc(C)cc1)NC(=O)NC[C@H](C)NC(=O)NC[C@H](C)NC(=O)NC[C@H](CCCCN)NC(=O)NC[C@@H](N)Cc1ccc(C)cc1. The van der Waals surface area contributed by atoms with E-state index in [0.717, 1.165) is 29.5 Å². The van der Waals surface area contributed by atoms with Crippen molar-refractivity contribution in [1.82, 2.24) is 53.2 Å². The minimum absolute atomic E-state index is 0.141. The van der Waals surface area contributed by atoms with Gasteiger partial charge in [0.25, 0.3) is 0 Å². The monoisotopic (exact) mass is 769 g/mol. The Hall–Kier alpha value is -5.29. The van der Waals surface area contributed by atoms with E-state index in [4.69, 9.17) is 11.5 Å². The van der Waals surface area contributed by atoms with Gasteiger partial charge in [0.2, 0.25) is 0 Å². The molecule has 0 aliphatic rings. The first kappa shape index (κ1) is 45.9. The van der Waals surface area contributed by atoms with Crippen LogP contribution in [-0.4, -0.2) is 107 Å². The smallest absolute Gasteiger partial charge is 0.315 e. The Balaban J connectivity index is 1.71. The number of nitrogens with one attached hydrogen (secondary N) is 10. The fourth-order valence-corrected chi connectivity index (χ4v) is 5.40. The van der Waals surface area contributed by atoms with Gasteiger partial charge in [0, 0.05) is 63.9 Å². The second-order valence-corrected chi connectivity index (χ2v) is 14.0. The third-order valence-corrected chi connectivity index (χ3v) is 8.56. The summed E-state index contributed by atoms with van der Waals surface area (Å²) in [5.41, 5.74) is 16.3. The quantitative estimate of drug-likeness (QED) is 0.0779. The van der Waals surface area contributed by atoms with Crippen molar-refractivity contribution in [3.63, 3.8) is 0 Å². The lowest BCUT2D eigenvalue weighted by Gasteiger charge is -2.22. The molecule has 0 saturated carbocycles. The van der Waals surface area contributed by atoms with Crippen LogP contribution in [0.1, 0.15) is 55.4 Å². The zero-order valence-electron chi connectivity index (χ0n) is 33.0. The lowest BCUT2D eigenvalue weighted by molar-refractivity contribution is 0.226. The molecule has 0 heterocycles. The molecule has 2 aromatic rings. The molecule has 0 aliphatic heterocycles. The van der Waals surface area contributed by atoms with Crippen LogP contribution in [0.15, 0.2) is 48.5 Å². The highest BCUT2D eigenvalue weighted by Crippen LogP contribution is 2.07. The van der Waals surface area contributed by atoms with Gasteiger partial charge in [-0.1, -0.05) is 66.1 Å². The summed E-state index contributed by atoms with van der Waals surface area (Å²) in [6.45, 7) is 9.01. The second-order valence-electron chi connectivity index (χ2n) is 14.0. The van der Waals surface area contributed by atoms with Crippen LogP contribution in [0, 0.1) is 13.8 Å². The molecule has 5 atom stereocenters. The minimum atomic E-state index is -0.468. The summed E-state index contributed by atoms with van der Waals surface area (Å²) >= 11 is 0. The van der Waals surface area contributed by atoms with E-state index in [1.165, 1.54) is 12.6 Å². The Kier molecular flexibility index (Phi) is 21.4. The second kappa shape index (κ2) is 25.7. The van der Waals surface area contributed by atoms with Gasteiger partial charge < -0.3 is 64.6 Å². The summed E-state index contributed by atoms with van der Waals surface area (Å²) in [5, 5.41) is 27.6. The summed E-state index contributed by atoms with van der Waals surface area (Å²) < 4.78 is 0. The molecule has 0 radical (unpaired) electrons. The molecule has 0 aliphatic carbocycles. The summed E-state index contributed by atoms with van der Waals surface area (Å²) in [6.07, 6.45) is 3.32. The summed E-state index contributed by atoms with van der Waals surface area (Å²) in [5.74, 6) is 0. The van der Waals surface area contributed by atoms with Gasteiger partial charge in [-0.05, 0) is 71.0 Å². The highest BCUT2D eigenvalue weighted by Gasteiger charge is 2.18. The fraction of sp³-hybridized carbons (Fsp3) is 0.553. The third-order valence-electron chi connectivity index (χ3n) is 8.56. The van der Waals surface area contributed by atoms with Gasteiger partial charge in [-0.25, -0.2) is 24.0 Å². The number of aryl methyl sites for hydroxylation is 2. The fourth-order valence-electron chi connectivity index (χ4n) is 5.40. The maximum atomic E-state index is 12.7. The standard InChI is InChI=1S/C38H64N12O5/c1-25-9-13-29(14-10-25)18-31(40)22-44-38(55)49-32(8-6-7-17-39)23-46-36(53)48-27(3)20-42-35(52)47-28(4)21-43-37(54)50-33(24-45-34(51)41-5)19-30-15-11-26(2)12-16-30/h9-16,27-28,31-33H,6-8,17-24,39-40H2,1-5H3,(H2,41,45,51)(H2,42,47,52)(H2,43,50,54)(H2,44,49,55)(H2,46,48,53)/t27-,28-,31-,32-,33-/m0/s1. The van der Waals surface area contributed by atoms with Crippen molar-refractivity contribution in [2.75, 3.05) is 46.3 Å². The molecule has 2 rings (SSSR count). The van der Waals surface area contributed by atoms with Crippen LogP contribution < -0.4 is 64.6 Å². The van der Waals surface area contributed by atoms with Gasteiger partial charge in [-0.2, -0.15) is 0 Å². The molecule has 10 amide bonds. The first-order valence-electron chi connectivity index (χ1n) is 19.0. The van der Waals surface area contributed by atoms with E-state index in [1.807, 2.05) is 62.4 Å². The molecule has 0 spiro atoms. The van der Waals surface area contributed by atoms with Gasteiger partial charge in [0.1, 0.15) is 0 Å². The highest BCUT2D eigenvalue weighted by atomic mass is 16.2. The Morgan fingerprint density at radius 3 is 1.47 bits per heavy atom. The molecule has 306 valence electrons. The Labute approximate surface area is 325 Å². The molecule has 0 fully saturated rings. The number of rotatable bonds is 22. The molecule has 0 aromatic heterocycles. The van der Waals surface area contributed by atoms with E-state index in [0.29, 0.717) is 32.4 Å². The number of amides is 10. The number of hydrogen-bond donors (Lipinski definition) is 12. The molecule has 17 heteroatoms. The van der Waals surface area contributed by atoms with Crippen LogP contribution in [0.25, 0.3) is 0 Å². The van der Waals surface area contributed by atoms with Crippen LogP contribution in [0.2, 0.25) is 0 Å². The van der Waals surface area contributed by atoms with Gasteiger partial charge >= 0.3 is 30.2 Å². The van der Waals surface area contributed by atoms with E-state index in [-0.39, 0.29) is 56.4 Å². The summed E-state index contributed by atoms with van der Waals surface area (Å²) in [4.78, 5) is 62.3. The van der Waals surface area contributed by atoms with E-state index in [2.05, 4.69) is 53.2 Å². The number of carbonyl (C=O) groups is 5. The van der Waals surface area contributed by atoms with Crippen LogP contribution in [0.3, 0.4) is 0 Å². The lowest BCUT2D eigenvalue weighted by atomic mass is 10.0. The van der Waals surface area contributed by atoms with Crippen molar-refractivity contribution in [1.29, 1.82) is 0 Å². The molecule has 0 unspecified atom stereocenters. The first-order chi connectivity index (χ1) is 26.3. The molecule has 2 aromatic carbocycles. The van der Waals surface area contributed by atoms with Crippen molar-refractivity contribution in [3.05, 3.63) is 70.8 Å². The predicted octanol–water partition coefficient (Wildman–Crippen LogP) is 1.18. The number of urea groups is 5. The highest BCUT2D eigenvalue weighted by molar-refractivity contribution is 5.77. The van der Waals surface area contributed by atoms with E-state index in [9.17, 15) is 24.0 Å². The van der Waals surface area contributed by atoms with Crippen LogP contribution in [0.4, 0.5) is 24.0 Å². The van der Waals surface area contributed by atoms with E-state index < -0.39 is 30.2 Å². The maximum Gasteiger partial charge on any atom is 0.315 e. The van der Waals surface area contributed by atoms with Crippen LogP contribution in [-0.2, 0) is 12.8 Å². The summed E-state index contributed by atoms with van der Waals surface area (Å²) in [6, 6.07) is 12.2. The molecule has 0 bridgehead atoms. The lowest BCUT2D eigenvalue weighted by Crippen LogP contribution is -2.54. The zero-order valence-corrected chi connectivity index (χ0v) is 33.0. The predicted molar refractivity (Wildman–Crippen MR) is 216 cm³/mol. The molecule has 55 heavy (non-hydrogen) atoms. The van der Waals surface area contributed by atoms with Crippen molar-refractivity contribution in [2.45, 2.75) is 90.0 Å². The normalized spacial score (nSPS) is 13.4. The van der Waals surface area contributed by atoms with Gasteiger partial charge in [0.05, 0.1) is 6.04 Å². The van der Waals surface area contributed by atoms with Gasteiger partial charge in [-0.15, -0.1) is 0 Å². The van der Waals surface area contributed by atoms with Gasteiger partial charge in [-0.3, -0.25) is 0 Å². The molecule has 14 N–H and O–H groups in total. The molecule has 0 saturated heterocycles. The Morgan fingerprint density at radius 2 is 0.964 bits per heavy atom. The minimum Gasteiger partial charge on any atom is -0.341 e. The Morgan fingerprint density at radius 1 is 0.545 bits per heavy atom. The topological polar surface area (TPSA) is 258 Å². The maximum absolute atomic E-state index is 12.7. The molecular formula is C38H64N12O5. The number of hydrogen-bond acceptors (Lipinski definition) is 7. The third kappa shape index (κ3) is 21.3. The van der Waals surface area contributed by atoms with Crippen molar-refractivity contribution < 1.29 is 24.0 Å². The summed E-state index contributed by atoms with van der Waals surface area (Å²) in [7, 11) is 1.52. The first-order valence-corrected chi connectivity index (χ1v) is 19.0. The Bertz CT molecular complexity index is 1460. The van der Waals surface area contributed by atoms with E-state index in [1.54, 1.807) is 13.8 Å². The van der Waals surface area contributed by atoms with Crippen LogP contribution >= 0.6 is 0 Å². The zero-order chi connectivity index (χ0) is 40.6. The number of benzene rings is 2. The van der Waals surface area contributed by atoms with Crippen LogP contribution in [0.5, 0.6) is 0 Å². The average molecular weight is 769 g/mol. The number of unbranched alkanes of at least 4 members (excludes halogenated alkanes) is 1. The number of nitrogens with two attached hydrogens (primary N) is 2. The molecular weight excluding hydrogens is 704 g/mol. The van der Waals surface area contributed by atoms with Crippen molar-refractivity contribution >= 4 is 30.2 Å². The van der Waals surface area contributed by atoms with Gasteiger partial charge in [0.15, 0.2) is 0 Å². The van der Waals surface area contributed by atoms with E-state index >= 15 is 0 Å².